The average Bonchev–Trinajstić information content (AvgIpc) is 2.61. The molecule has 2 fully saturated rings. The molecule has 2 amide bonds. The van der Waals surface area contributed by atoms with Gasteiger partial charge in [-0.25, -0.2) is 0 Å². The van der Waals surface area contributed by atoms with E-state index >= 15 is 0 Å². The zero-order chi connectivity index (χ0) is 18.6. The summed E-state index contributed by atoms with van der Waals surface area (Å²) in [4.78, 5) is 26.4. The lowest BCUT2D eigenvalue weighted by atomic mass is 9.54. The molecule has 2 rings (SSSR count). The lowest BCUT2D eigenvalue weighted by molar-refractivity contribution is -0.184. The maximum absolute atomic E-state index is 12.6. The number of amides is 2. The van der Waals surface area contributed by atoms with E-state index in [1.165, 1.54) is 19.3 Å². The van der Waals surface area contributed by atoms with Gasteiger partial charge in [-0.05, 0) is 32.1 Å². The van der Waals surface area contributed by atoms with E-state index in [9.17, 15) is 9.59 Å². The summed E-state index contributed by atoms with van der Waals surface area (Å²) in [5.41, 5.74) is 5.94. The van der Waals surface area contributed by atoms with Crippen LogP contribution in [0.2, 0.25) is 0 Å². The lowest BCUT2D eigenvalue weighted by Gasteiger charge is -2.60. The third-order valence-corrected chi connectivity index (χ3v) is 6.19. The normalized spacial score (nSPS) is 26.2. The molecule has 2 aliphatic carbocycles. The molecule has 2 saturated carbocycles. The van der Waals surface area contributed by atoms with Crippen molar-refractivity contribution in [1.29, 1.82) is 0 Å². The van der Waals surface area contributed by atoms with Crippen LogP contribution in [-0.2, 0) is 14.3 Å². The zero-order valence-electron chi connectivity index (χ0n) is 16.2. The van der Waals surface area contributed by atoms with Crippen molar-refractivity contribution in [2.75, 3.05) is 20.2 Å². The molecule has 144 valence electrons. The average molecular weight is 354 g/mol. The van der Waals surface area contributed by atoms with E-state index in [1.54, 1.807) is 0 Å². The van der Waals surface area contributed by atoms with E-state index in [1.807, 2.05) is 32.7 Å². The number of ether oxygens (including phenoxy) is 1. The van der Waals surface area contributed by atoms with Gasteiger partial charge >= 0.3 is 0 Å². The van der Waals surface area contributed by atoms with Gasteiger partial charge in [-0.15, -0.1) is 0 Å². The van der Waals surface area contributed by atoms with Gasteiger partial charge in [0.25, 0.3) is 0 Å². The Hall–Kier alpha value is -1.14. The third kappa shape index (κ3) is 4.17. The fourth-order valence-electron chi connectivity index (χ4n) is 4.45. The molecular formula is C19H35N3O3. The van der Waals surface area contributed by atoms with E-state index in [0.717, 1.165) is 25.9 Å². The van der Waals surface area contributed by atoms with Gasteiger partial charge in [0, 0.05) is 25.1 Å². The number of carbonyl (C=O) groups excluding carboxylic acids is 2. The molecule has 6 heteroatoms. The van der Waals surface area contributed by atoms with Crippen LogP contribution in [0.4, 0.5) is 0 Å². The van der Waals surface area contributed by atoms with Crippen LogP contribution in [0.3, 0.4) is 0 Å². The van der Waals surface area contributed by atoms with Gasteiger partial charge < -0.3 is 20.7 Å². The minimum absolute atomic E-state index is 0.0155. The van der Waals surface area contributed by atoms with E-state index in [-0.39, 0.29) is 41.8 Å². The largest absolute Gasteiger partial charge is 0.378 e. The van der Waals surface area contributed by atoms with E-state index in [4.69, 9.17) is 10.5 Å². The van der Waals surface area contributed by atoms with Gasteiger partial charge in [0.15, 0.2) is 0 Å². The van der Waals surface area contributed by atoms with E-state index in [2.05, 4.69) is 5.32 Å². The van der Waals surface area contributed by atoms with Crippen LogP contribution >= 0.6 is 0 Å². The number of hydrogen-bond acceptors (Lipinski definition) is 4. The van der Waals surface area contributed by atoms with Crippen molar-refractivity contribution in [2.45, 2.75) is 77.5 Å². The summed E-state index contributed by atoms with van der Waals surface area (Å²) < 4.78 is 5.96. The quantitative estimate of drug-likeness (QED) is 0.729. The second kappa shape index (κ2) is 8.49. The molecule has 0 aromatic carbocycles. The number of hydrogen-bond donors (Lipinski definition) is 2. The van der Waals surface area contributed by atoms with Crippen LogP contribution < -0.4 is 11.1 Å². The van der Waals surface area contributed by atoms with E-state index < -0.39 is 6.04 Å². The smallest absolute Gasteiger partial charge is 0.241 e. The molecular weight excluding hydrogens is 318 g/mol. The molecule has 6 nitrogen and oxygen atoms in total. The molecule has 3 atom stereocenters. The van der Waals surface area contributed by atoms with Crippen molar-refractivity contribution in [2.24, 2.45) is 17.1 Å². The van der Waals surface area contributed by atoms with Crippen molar-refractivity contribution in [3.05, 3.63) is 0 Å². The SMILES string of the molecule is CCOC1CC(N(C)C(=O)CNC(=O)[C@@H](N)C(C)C)C12CCCCC2. The lowest BCUT2D eigenvalue weighted by Crippen LogP contribution is -2.66. The molecule has 0 aromatic heterocycles. The van der Waals surface area contributed by atoms with Crippen molar-refractivity contribution in [3.63, 3.8) is 0 Å². The highest BCUT2D eigenvalue weighted by atomic mass is 16.5. The summed E-state index contributed by atoms with van der Waals surface area (Å²) in [6.45, 7) is 6.56. The van der Waals surface area contributed by atoms with Crippen LogP contribution in [0.25, 0.3) is 0 Å². The Labute approximate surface area is 151 Å². The summed E-state index contributed by atoms with van der Waals surface area (Å²) >= 11 is 0. The molecule has 0 aliphatic heterocycles. The van der Waals surface area contributed by atoms with Crippen molar-refractivity contribution >= 4 is 11.8 Å². The number of nitrogens with one attached hydrogen (secondary N) is 1. The first-order valence-corrected chi connectivity index (χ1v) is 9.74. The van der Waals surface area contributed by atoms with Gasteiger partial charge in [-0.3, -0.25) is 9.59 Å². The van der Waals surface area contributed by atoms with Gasteiger partial charge in [0.2, 0.25) is 11.8 Å². The van der Waals surface area contributed by atoms with E-state index in [0.29, 0.717) is 0 Å². The van der Waals surface area contributed by atoms with Crippen LogP contribution in [0.5, 0.6) is 0 Å². The summed E-state index contributed by atoms with van der Waals surface area (Å²) in [5.74, 6) is -0.254. The Morgan fingerprint density at radius 1 is 1.28 bits per heavy atom. The topological polar surface area (TPSA) is 84.7 Å². The fraction of sp³-hybridized carbons (Fsp3) is 0.895. The minimum Gasteiger partial charge on any atom is -0.378 e. The number of likely N-dealkylation sites (N-methyl/N-ethyl adjacent to an activating group) is 1. The Bertz CT molecular complexity index is 475. The van der Waals surface area contributed by atoms with Crippen LogP contribution in [-0.4, -0.2) is 55.1 Å². The molecule has 3 N–H and O–H groups in total. The summed E-state index contributed by atoms with van der Waals surface area (Å²) in [5, 5.41) is 2.69. The summed E-state index contributed by atoms with van der Waals surface area (Å²) in [6.07, 6.45) is 7.12. The highest BCUT2D eigenvalue weighted by Crippen LogP contribution is 2.55. The van der Waals surface area contributed by atoms with Crippen molar-refractivity contribution in [3.8, 4) is 0 Å². The van der Waals surface area contributed by atoms with Crippen LogP contribution in [0.15, 0.2) is 0 Å². The fourth-order valence-corrected chi connectivity index (χ4v) is 4.45. The van der Waals surface area contributed by atoms with Gasteiger partial charge in [-0.1, -0.05) is 33.1 Å². The summed E-state index contributed by atoms with van der Waals surface area (Å²) in [6, 6.07) is -0.360. The Morgan fingerprint density at radius 3 is 2.48 bits per heavy atom. The van der Waals surface area contributed by atoms with Gasteiger partial charge in [0.1, 0.15) is 0 Å². The minimum atomic E-state index is -0.575. The number of rotatable bonds is 7. The standard InChI is InChI=1S/C19H35N3O3/c1-5-25-15-11-14(19(15)9-7-6-8-10-19)22(4)16(23)12-21-18(24)17(20)13(2)3/h13-15,17H,5-12,20H2,1-4H3,(H,21,24)/t14?,15?,17-/m0/s1. The molecule has 0 aromatic rings. The van der Waals surface area contributed by atoms with Crippen molar-refractivity contribution in [1.82, 2.24) is 10.2 Å². The number of nitrogens with zero attached hydrogens (tertiary/aromatic N) is 1. The van der Waals surface area contributed by atoms with Crippen LogP contribution in [0, 0.1) is 11.3 Å². The van der Waals surface area contributed by atoms with Gasteiger partial charge in [-0.2, -0.15) is 0 Å². The zero-order valence-corrected chi connectivity index (χ0v) is 16.2. The Kier molecular flexibility index (Phi) is 6.86. The second-order valence-corrected chi connectivity index (χ2v) is 7.98. The van der Waals surface area contributed by atoms with Gasteiger partial charge in [0.05, 0.1) is 18.7 Å². The molecule has 0 heterocycles. The third-order valence-electron chi connectivity index (χ3n) is 6.19. The molecule has 25 heavy (non-hydrogen) atoms. The monoisotopic (exact) mass is 353 g/mol. The maximum Gasteiger partial charge on any atom is 0.241 e. The molecule has 2 aliphatic rings. The predicted molar refractivity (Wildman–Crippen MR) is 97.9 cm³/mol. The summed E-state index contributed by atoms with van der Waals surface area (Å²) in [7, 11) is 1.86. The Balaban J connectivity index is 1.93. The maximum atomic E-state index is 12.6. The highest BCUT2D eigenvalue weighted by Gasteiger charge is 2.57. The van der Waals surface area contributed by atoms with Crippen LogP contribution in [0.1, 0.15) is 59.3 Å². The first-order chi connectivity index (χ1) is 11.8. The van der Waals surface area contributed by atoms with Crippen molar-refractivity contribution < 1.29 is 14.3 Å². The second-order valence-electron chi connectivity index (χ2n) is 7.98. The first-order valence-electron chi connectivity index (χ1n) is 9.74. The molecule has 0 bridgehead atoms. The molecule has 2 unspecified atom stereocenters. The highest BCUT2D eigenvalue weighted by molar-refractivity contribution is 5.87. The molecule has 0 saturated heterocycles. The first kappa shape index (κ1) is 20.2. The predicted octanol–water partition coefficient (Wildman–Crippen LogP) is 1.67. The Morgan fingerprint density at radius 2 is 1.92 bits per heavy atom. The number of carbonyl (C=O) groups is 2. The molecule has 1 spiro atoms. The number of nitrogens with two attached hydrogens (primary N) is 1. The molecule has 0 radical (unpaired) electrons.